The molecule has 0 aliphatic carbocycles. The van der Waals surface area contributed by atoms with Gasteiger partial charge in [-0.2, -0.15) is 0 Å². The molecule has 5 rings (SSSR count). The normalized spacial score (nSPS) is 19.9. The summed E-state index contributed by atoms with van der Waals surface area (Å²) in [5, 5.41) is 31.0. The SMILES string of the molecule is O=C(COC1(CCc2ccc([C@@H]3[C@@H](CC[C@H](O)c4ccc(F)cc4)C(=O)N3c3ccc(F)cc3)cc2)COC1)N[C@H](CO)C(=O)O. The van der Waals surface area contributed by atoms with Crippen LogP contribution in [-0.2, 0) is 30.3 Å². The first-order valence-electron chi connectivity index (χ1n) is 15.0. The molecule has 0 spiro atoms. The highest BCUT2D eigenvalue weighted by Crippen LogP contribution is 2.46. The van der Waals surface area contributed by atoms with E-state index >= 15 is 0 Å². The van der Waals surface area contributed by atoms with Gasteiger partial charge in [-0.1, -0.05) is 36.4 Å². The zero-order chi connectivity index (χ0) is 32.8. The Morgan fingerprint density at radius 1 is 1.00 bits per heavy atom. The van der Waals surface area contributed by atoms with Crippen LogP contribution in [0.2, 0.25) is 0 Å². The summed E-state index contributed by atoms with van der Waals surface area (Å²) < 4.78 is 38.2. The van der Waals surface area contributed by atoms with Gasteiger partial charge in [-0.05, 0) is 78.8 Å². The number of aliphatic hydroxyl groups excluding tert-OH is 2. The van der Waals surface area contributed by atoms with Gasteiger partial charge in [0.05, 0.1) is 37.9 Å². The highest BCUT2D eigenvalue weighted by molar-refractivity contribution is 6.03. The molecule has 2 heterocycles. The van der Waals surface area contributed by atoms with Gasteiger partial charge < -0.3 is 35.0 Å². The average molecular weight is 639 g/mol. The number of β-lactam (4-membered cyclic amide) rings is 1. The maximum Gasteiger partial charge on any atom is 0.328 e. The Balaban J connectivity index is 1.23. The number of benzene rings is 3. The summed E-state index contributed by atoms with van der Waals surface area (Å²) in [6.45, 7) is -0.551. The number of ether oxygens (including phenoxy) is 2. The number of amides is 2. The minimum Gasteiger partial charge on any atom is -0.480 e. The molecule has 2 aliphatic rings. The van der Waals surface area contributed by atoms with Crippen molar-refractivity contribution in [2.45, 2.75) is 49.5 Å². The van der Waals surface area contributed by atoms with Gasteiger partial charge >= 0.3 is 5.97 Å². The minimum absolute atomic E-state index is 0.131. The van der Waals surface area contributed by atoms with E-state index in [-0.39, 0.29) is 31.8 Å². The lowest BCUT2D eigenvalue weighted by molar-refractivity contribution is -0.212. The number of rotatable bonds is 15. The highest BCUT2D eigenvalue weighted by Gasteiger charge is 2.48. The lowest BCUT2D eigenvalue weighted by Crippen LogP contribution is -2.55. The predicted molar refractivity (Wildman–Crippen MR) is 162 cm³/mol. The number of nitrogens with zero attached hydrogens (tertiary/aromatic N) is 1. The van der Waals surface area contributed by atoms with Crippen molar-refractivity contribution in [2.24, 2.45) is 5.92 Å². The van der Waals surface area contributed by atoms with E-state index in [0.29, 0.717) is 36.9 Å². The van der Waals surface area contributed by atoms with Gasteiger partial charge in [0, 0.05) is 5.69 Å². The Kier molecular flexibility index (Phi) is 10.4. The molecular weight excluding hydrogens is 602 g/mol. The van der Waals surface area contributed by atoms with Crippen molar-refractivity contribution in [1.82, 2.24) is 5.32 Å². The summed E-state index contributed by atoms with van der Waals surface area (Å²) in [5.41, 5.74) is 2.29. The van der Waals surface area contributed by atoms with Gasteiger partial charge in [0.15, 0.2) is 0 Å². The number of aryl methyl sites for hydroxylation is 1. The van der Waals surface area contributed by atoms with Crippen LogP contribution in [0.5, 0.6) is 0 Å². The zero-order valence-corrected chi connectivity index (χ0v) is 25.0. The van der Waals surface area contributed by atoms with Crippen LogP contribution >= 0.6 is 0 Å². The second-order valence-electron chi connectivity index (χ2n) is 11.7. The maximum atomic E-state index is 13.7. The number of halogens is 2. The molecule has 0 saturated carbocycles. The fourth-order valence-electron chi connectivity index (χ4n) is 5.81. The number of carboxylic acid groups (broad SMARTS) is 1. The van der Waals surface area contributed by atoms with Crippen molar-refractivity contribution in [3.05, 3.63) is 101 Å². The molecule has 0 aromatic heterocycles. The van der Waals surface area contributed by atoms with E-state index in [1.807, 2.05) is 24.3 Å². The molecule has 2 amide bonds. The maximum absolute atomic E-state index is 13.7. The molecule has 0 bridgehead atoms. The van der Waals surface area contributed by atoms with Crippen molar-refractivity contribution in [1.29, 1.82) is 0 Å². The third kappa shape index (κ3) is 7.59. The number of carboxylic acids is 1. The Hall–Kier alpha value is -4.23. The third-order valence-corrected chi connectivity index (χ3v) is 8.57. The Labute approximate surface area is 264 Å². The fraction of sp³-hybridized carbons (Fsp3) is 0.382. The molecule has 0 unspecified atom stereocenters. The van der Waals surface area contributed by atoms with Gasteiger partial charge in [0.2, 0.25) is 11.8 Å². The molecule has 3 aromatic carbocycles. The van der Waals surface area contributed by atoms with E-state index < -0.39 is 53.8 Å². The van der Waals surface area contributed by atoms with Crippen LogP contribution in [0.25, 0.3) is 0 Å². The van der Waals surface area contributed by atoms with Crippen LogP contribution in [-0.4, -0.2) is 71.2 Å². The number of aliphatic hydroxyl groups is 2. The lowest BCUT2D eigenvalue weighted by Gasteiger charge is -2.48. The molecule has 4 N–H and O–H groups in total. The number of nitrogens with one attached hydrogen (secondary N) is 1. The Morgan fingerprint density at radius 2 is 1.63 bits per heavy atom. The van der Waals surface area contributed by atoms with Crippen molar-refractivity contribution in [2.75, 3.05) is 31.3 Å². The Morgan fingerprint density at radius 3 is 2.20 bits per heavy atom. The first kappa shape index (κ1) is 33.1. The lowest BCUT2D eigenvalue weighted by atomic mass is 9.78. The van der Waals surface area contributed by atoms with Crippen LogP contribution in [0.15, 0.2) is 72.8 Å². The topological polar surface area (TPSA) is 146 Å². The molecular formula is C34H36F2N2O8. The molecule has 12 heteroatoms. The molecule has 4 atom stereocenters. The van der Waals surface area contributed by atoms with Crippen LogP contribution in [0, 0.1) is 17.6 Å². The third-order valence-electron chi connectivity index (χ3n) is 8.57. The second kappa shape index (κ2) is 14.5. The van der Waals surface area contributed by atoms with Crippen LogP contribution < -0.4 is 10.2 Å². The van der Waals surface area contributed by atoms with Crippen LogP contribution in [0.3, 0.4) is 0 Å². The summed E-state index contributed by atoms with van der Waals surface area (Å²) in [7, 11) is 0. The summed E-state index contributed by atoms with van der Waals surface area (Å²) in [4.78, 5) is 38.2. The monoisotopic (exact) mass is 638 g/mol. The van der Waals surface area contributed by atoms with E-state index in [4.69, 9.17) is 19.7 Å². The molecule has 0 radical (unpaired) electrons. The Bertz CT molecular complexity index is 1510. The summed E-state index contributed by atoms with van der Waals surface area (Å²) >= 11 is 0. The van der Waals surface area contributed by atoms with Gasteiger partial charge in [-0.25, -0.2) is 13.6 Å². The standard InChI is InChI=1S/C34H36F2N2O8/c35-24-7-5-22(6-8-24)29(40)14-13-27-31(38(32(27)42)26-11-9-25(36)10-12-26)23-3-1-21(2-4-23)15-16-34(19-45-20-34)46-18-30(41)37-28(17-39)33(43)44/h1-12,27-29,31,39-40H,13-20H2,(H,37,41)(H,43,44)/t27-,28-,29+,31-/m1/s1. The number of carbonyl (C=O) groups excluding carboxylic acids is 2. The number of hydrogen-bond acceptors (Lipinski definition) is 7. The number of hydrogen-bond donors (Lipinski definition) is 4. The van der Waals surface area contributed by atoms with Gasteiger partial charge in [0.1, 0.15) is 29.9 Å². The first-order chi connectivity index (χ1) is 22.1. The van der Waals surface area contributed by atoms with E-state index in [9.17, 15) is 28.3 Å². The number of aliphatic carboxylic acids is 1. The van der Waals surface area contributed by atoms with Crippen LogP contribution in [0.4, 0.5) is 14.5 Å². The minimum atomic E-state index is -1.41. The van der Waals surface area contributed by atoms with E-state index in [0.717, 1.165) is 11.1 Å². The van der Waals surface area contributed by atoms with Crippen molar-refractivity contribution in [3.63, 3.8) is 0 Å². The van der Waals surface area contributed by atoms with Crippen molar-refractivity contribution < 1.29 is 48.0 Å². The molecule has 2 fully saturated rings. The fourth-order valence-corrected chi connectivity index (χ4v) is 5.81. The molecule has 46 heavy (non-hydrogen) atoms. The van der Waals surface area contributed by atoms with E-state index in [1.165, 1.54) is 36.4 Å². The number of anilines is 1. The van der Waals surface area contributed by atoms with Crippen molar-refractivity contribution >= 4 is 23.5 Å². The largest absolute Gasteiger partial charge is 0.480 e. The second-order valence-corrected chi connectivity index (χ2v) is 11.7. The highest BCUT2D eigenvalue weighted by atomic mass is 19.1. The molecule has 3 aromatic rings. The predicted octanol–water partition coefficient (Wildman–Crippen LogP) is 3.46. The summed E-state index contributed by atoms with van der Waals surface area (Å²) in [5.74, 6) is -3.36. The van der Waals surface area contributed by atoms with Crippen molar-refractivity contribution in [3.8, 4) is 0 Å². The van der Waals surface area contributed by atoms with Gasteiger partial charge in [0.25, 0.3) is 0 Å². The first-order valence-corrected chi connectivity index (χ1v) is 15.0. The molecule has 244 valence electrons. The average Bonchev–Trinajstić information content (AvgIpc) is 3.03. The molecule has 2 saturated heterocycles. The van der Waals surface area contributed by atoms with E-state index in [2.05, 4.69) is 5.32 Å². The summed E-state index contributed by atoms with van der Waals surface area (Å²) in [6.07, 6.45) is 0.960. The van der Waals surface area contributed by atoms with Crippen LogP contribution in [0.1, 0.15) is 48.1 Å². The molecule has 2 aliphatic heterocycles. The van der Waals surface area contributed by atoms with Gasteiger partial charge in [-0.15, -0.1) is 0 Å². The zero-order valence-electron chi connectivity index (χ0n) is 25.0. The summed E-state index contributed by atoms with van der Waals surface area (Å²) in [6, 6.07) is 17.4. The van der Waals surface area contributed by atoms with E-state index in [1.54, 1.807) is 17.0 Å². The van der Waals surface area contributed by atoms with Gasteiger partial charge in [-0.3, -0.25) is 9.59 Å². The quantitative estimate of drug-likeness (QED) is 0.185. The smallest absolute Gasteiger partial charge is 0.328 e. The molecule has 10 nitrogen and oxygen atoms in total. The number of carbonyl (C=O) groups is 3.